The highest BCUT2D eigenvalue weighted by Gasteiger charge is 2.17. The number of rotatable bonds is 7. The molecule has 0 amide bonds. The van der Waals surface area contributed by atoms with Crippen LogP contribution in [-0.4, -0.2) is 10.8 Å². The largest absolute Gasteiger partial charge is 0.309 e. The van der Waals surface area contributed by atoms with Crippen LogP contribution in [-0.2, 0) is 0 Å². The molecule has 8 aromatic carbocycles. The molecule has 0 bridgehead atoms. The SMILES string of the molecule is C=C/C=C(\C=N)c1ccc2cc(-c3ccc4c(ccc5c6ccc(-c7cccc(-c8ccccc8)c7)cc6n(-c6ccccc6)c45)c3)ccc2c1. The predicted octanol–water partition coefficient (Wildman–Crippen LogP) is 13.3. The van der Waals surface area contributed by atoms with E-state index in [0.717, 1.165) is 22.2 Å². The van der Waals surface area contributed by atoms with E-state index >= 15 is 0 Å². The summed E-state index contributed by atoms with van der Waals surface area (Å²) in [4.78, 5) is 0. The van der Waals surface area contributed by atoms with Crippen LogP contribution in [0.2, 0.25) is 0 Å². The summed E-state index contributed by atoms with van der Waals surface area (Å²) in [7, 11) is 0. The fourth-order valence-corrected chi connectivity index (χ4v) is 7.51. The first-order valence-electron chi connectivity index (χ1n) is 17.3. The van der Waals surface area contributed by atoms with Crippen LogP contribution in [0.25, 0.3) is 88.0 Å². The molecule has 9 rings (SSSR count). The highest BCUT2D eigenvalue weighted by molar-refractivity contribution is 6.19. The molecule has 9 aromatic rings. The predicted molar refractivity (Wildman–Crippen MR) is 219 cm³/mol. The van der Waals surface area contributed by atoms with Gasteiger partial charge < -0.3 is 9.98 Å². The van der Waals surface area contributed by atoms with E-state index in [1.54, 1.807) is 6.08 Å². The first-order chi connectivity index (χ1) is 25.2. The Labute approximate surface area is 297 Å². The number of hydrogen-bond acceptors (Lipinski definition) is 1. The maximum Gasteiger partial charge on any atom is 0.0619 e. The highest BCUT2D eigenvalue weighted by Crippen LogP contribution is 2.40. The van der Waals surface area contributed by atoms with Gasteiger partial charge in [-0.15, -0.1) is 0 Å². The van der Waals surface area contributed by atoms with E-state index in [0.29, 0.717) is 0 Å². The van der Waals surface area contributed by atoms with E-state index in [1.165, 1.54) is 77.6 Å². The van der Waals surface area contributed by atoms with Gasteiger partial charge in [0.05, 0.1) is 11.0 Å². The lowest BCUT2D eigenvalue weighted by atomic mass is 9.96. The summed E-state index contributed by atoms with van der Waals surface area (Å²) in [5.41, 5.74) is 12.6. The zero-order valence-electron chi connectivity index (χ0n) is 28.1. The molecule has 51 heavy (non-hydrogen) atoms. The quantitative estimate of drug-likeness (QED) is 0.131. The number of benzene rings is 8. The minimum Gasteiger partial charge on any atom is -0.309 e. The monoisotopic (exact) mass is 650 g/mol. The van der Waals surface area contributed by atoms with Gasteiger partial charge in [-0.1, -0.05) is 146 Å². The van der Waals surface area contributed by atoms with Gasteiger partial charge in [-0.2, -0.15) is 0 Å². The molecule has 0 fully saturated rings. The molecule has 0 unspecified atom stereocenters. The second-order valence-electron chi connectivity index (χ2n) is 13.0. The first-order valence-corrected chi connectivity index (χ1v) is 17.3. The van der Waals surface area contributed by atoms with Crippen molar-refractivity contribution in [2.75, 3.05) is 0 Å². The molecule has 0 saturated carbocycles. The van der Waals surface area contributed by atoms with Gasteiger partial charge in [0.15, 0.2) is 0 Å². The Morgan fingerprint density at radius 3 is 1.80 bits per heavy atom. The number of fused-ring (bicyclic) bond motifs is 6. The van der Waals surface area contributed by atoms with E-state index in [4.69, 9.17) is 5.41 Å². The van der Waals surface area contributed by atoms with Gasteiger partial charge in [0.2, 0.25) is 0 Å². The third-order valence-electron chi connectivity index (χ3n) is 10.0. The minimum atomic E-state index is 0.846. The standard InChI is InChI=1S/C49H34N2/c1-2-10-43(32-50)40-20-19-36-28-37(17-18-38(36)29-40)39-21-24-45-42(30-39)23-26-47-46-25-22-41(31-48(46)51(49(45)47)44-15-7-4-8-16-44)35-14-9-13-34(27-35)33-11-5-3-6-12-33/h2-32,50H,1H2/b43-10+,50-32?. The summed E-state index contributed by atoms with van der Waals surface area (Å²) in [6.07, 6.45) is 4.98. The van der Waals surface area contributed by atoms with Gasteiger partial charge in [0, 0.05) is 28.1 Å². The summed E-state index contributed by atoms with van der Waals surface area (Å²) in [5.74, 6) is 0. The second kappa shape index (κ2) is 12.6. The Kier molecular flexibility index (Phi) is 7.48. The molecule has 1 heterocycles. The third kappa shape index (κ3) is 5.35. The van der Waals surface area contributed by atoms with Crippen molar-refractivity contribution < 1.29 is 0 Å². The normalized spacial score (nSPS) is 11.8. The van der Waals surface area contributed by atoms with Crippen molar-refractivity contribution in [3.05, 3.63) is 194 Å². The van der Waals surface area contributed by atoms with E-state index in [2.05, 4.69) is 181 Å². The Hall–Kier alpha value is -6.77. The fraction of sp³-hybridized carbons (Fsp3) is 0. The van der Waals surface area contributed by atoms with Gasteiger partial charge >= 0.3 is 0 Å². The Morgan fingerprint density at radius 2 is 1.04 bits per heavy atom. The van der Waals surface area contributed by atoms with Crippen molar-refractivity contribution in [2.45, 2.75) is 0 Å². The van der Waals surface area contributed by atoms with Crippen LogP contribution in [0.5, 0.6) is 0 Å². The topological polar surface area (TPSA) is 28.8 Å². The maximum absolute atomic E-state index is 7.80. The zero-order valence-corrected chi connectivity index (χ0v) is 28.1. The van der Waals surface area contributed by atoms with Crippen LogP contribution < -0.4 is 0 Å². The Bertz CT molecular complexity index is 2820. The molecular weight excluding hydrogens is 617 g/mol. The van der Waals surface area contributed by atoms with E-state index in [-0.39, 0.29) is 0 Å². The third-order valence-corrected chi connectivity index (χ3v) is 10.0. The van der Waals surface area contributed by atoms with Crippen LogP contribution in [0.4, 0.5) is 0 Å². The van der Waals surface area contributed by atoms with Crippen molar-refractivity contribution in [1.29, 1.82) is 5.41 Å². The summed E-state index contributed by atoms with van der Waals surface area (Å²) >= 11 is 0. The van der Waals surface area contributed by atoms with Crippen molar-refractivity contribution in [1.82, 2.24) is 4.57 Å². The van der Waals surface area contributed by atoms with Crippen LogP contribution in [0.3, 0.4) is 0 Å². The lowest BCUT2D eigenvalue weighted by Crippen LogP contribution is -1.94. The number of allylic oxidation sites excluding steroid dienone is 3. The molecule has 0 aliphatic carbocycles. The molecule has 1 aromatic heterocycles. The number of aromatic nitrogens is 1. The number of nitrogens with one attached hydrogen (secondary N) is 1. The van der Waals surface area contributed by atoms with Crippen molar-refractivity contribution in [3.8, 4) is 39.1 Å². The fourth-order valence-electron chi connectivity index (χ4n) is 7.51. The van der Waals surface area contributed by atoms with Crippen LogP contribution in [0.15, 0.2) is 189 Å². The average Bonchev–Trinajstić information content (AvgIpc) is 3.54. The first kappa shape index (κ1) is 30.3. The molecular formula is C49H34N2. The molecule has 2 heteroatoms. The summed E-state index contributed by atoms with van der Waals surface area (Å²) in [5, 5.41) is 15.0. The van der Waals surface area contributed by atoms with Gasteiger partial charge in [-0.25, -0.2) is 0 Å². The molecule has 0 aliphatic rings. The summed E-state index contributed by atoms with van der Waals surface area (Å²) < 4.78 is 2.44. The number of hydrogen-bond donors (Lipinski definition) is 1. The van der Waals surface area contributed by atoms with Gasteiger partial charge in [-0.3, -0.25) is 0 Å². The summed E-state index contributed by atoms with van der Waals surface area (Å²) in [6.45, 7) is 3.80. The Balaban J connectivity index is 1.18. The average molecular weight is 651 g/mol. The molecule has 2 nitrogen and oxygen atoms in total. The minimum absolute atomic E-state index is 0.846. The lowest BCUT2D eigenvalue weighted by molar-refractivity contribution is 1.19. The van der Waals surface area contributed by atoms with E-state index < -0.39 is 0 Å². The highest BCUT2D eigenvalue weighted by atomic mass is 15.0. The second-order valence-corrected chi connectivity index (χ2v) is 13.0. The van der Waals surface area contributed by atoms with Crippen molar-refractivity contribution in [2.24, 2.45) is 0 Å². The molecule has 0 radical (unpaired) electrons. The molecule has 0 atom stereocenters. The van der Waals surface area contributed by atoms with Crippen molar-refractivity contribution >= 4 is 55.1 Å². The van der Waals surface area contributed by atoms with E-state index in [9.17, 15) is 0 Å². The van der Waals surface area contributed by atoms with Crippen LogP contribution in [0, 0.1) is 5.41 Å². The molecule has 240 valence electrons. The molecule has 0 aliphatic heterocycles. The van der Waals surface area contributed by atoms with E-state index in [1.807, 2.05) is 6.08 Å². The van der Waals surface area contributed by atoms with Crippen LogP contribution >= 0.6 is 0 Å². The smallest absolute Gasteiger partial charge is 0.0619 e. The molecule has 0 saturated heterocycles. The van der Waals surface area contributed by atoms with Crippen LogP contribution in [0.1, 0.15) is 5.56 Å². The van der Waals surface area contributed by atoms with Gasteiger partial charge in [0.25, 0.3) is 0 Å². The van der Waals surface area contributed by atoms with Gasteiger partial charge in [0.1, 0.15) is 0 Å². The maximum atomic E-state index is 7.80. The Morgan fingerprint density at radius 1 is 0.471 bits per heavy atom. The number of para-hydroxylation sites is 1. The zero-order chi connectivity index (χ0) is 34.3. The van der Waals surface area contributed by atoms with Gasteiger partial charge in [-0.05, 0) is 103 Å². The molecule has 1 N–H and O–H groups in total. The van der Waals surface area contributed by atoms with Crippen molar-refractivity contribution in [3.63, 3.8) is 0 Å². The summed E-state index contributed by atoms with van der Waals surface area (Å²) in [6, 6.07) is 61.5. The number of nitrogens with zero attached hydrogens (tertiary/aromatic N) is 1. The lowest BCUT2D eigenvalue weighted by Gasteiger charge is -2.12. The molecule has 0 spiro atoms.